The van der Waals surface area contributed by atoms with E-state index in [1.807, 2.05) is 18.2 Å². The number of nitrogens with zero attached hydrogens (tertiary/aromatic N) is 5. The molecule has 2 N–H and O–H groups in total. The van der Waals surface area contributed by atoms with Gasteiger partial charge in [0.25, 0.3) is 0 Å². The molecular formula is C24H24F3N7O2S. The van der Waals surface area contributed by atoms with Crippen LogP contribution in [-0.4, -0.2) is 60.1 Å². The Kier molecular flexibility index (Phi) is 7.33. The zero-order valence-corrected chi connectivity index (χ0v) is 20.6. The zero-order chi connectivity index (χ0) is 25.8. The molecule has 0 saturated carbocycles. The van der Waals surface area contributed by atoms with Crippen molar-refractivity contribution in [3.05, 3.63) is 60.3 Å². The lowest BCUT2D eigenvalue weighted by Crippen LogP contribution is -2.36. The number of hydrogen-bond donors (Lipinski definition) is 2. The van der Waals surface area contributed by atoms with Gasteiger partial charge in [-0.25, -0.2) is 15.0 Å². The maximum atomic E-state index is 13.8. The average molecular weight is 532 g/mol. The fraction of sp³-hybridized carbons (Fsp3) is 0.333. The van der Waals surface area contributed by atoms with Crippen molar-refractivity contribution < 1.29 is 22.6 Å². The number of halogens is 3. The van der Waals surface area contributed by atoms with E-state index in [4.69, 9.17) is 9.47 Å². The number of methoxy groups -OCH3 is 1. The molecular weight excluding hydrogens is 507 g/mol. The van der Waals surface area contributed by atoms with Gasteiger partial charge in [0.1, 0.15) is 28.8 Å². The summed E-state index contributed by atoms with van der Waals surface area (Å²) in [6.07, 6.45) is -1.32. The minimum absolute atomic E-state index is 0.153. The molecule has 5 rings (SSSR count). The number of rotatable bonds is 7. The molecule has 2 unspecified atom stereocenters. The second kappa shape index (κ2) is 10.8. The van der Waals surface area contributed by atoms with Crippen molar-refractivity contribution in [3.63, 3.8) is 0 Å². The zero-order valence-electron chi connectivity index (χ0n) is 19.8. The minimum atomic E-state index is -4.61. The second-order valence-electron chi connectivity index (χ2n) is 8.23. The number of alkyl halides is 3. The van der Waals surface area contributed by atoms with E-state index in [2.05, 4.69) is 35.5 Å². The molecule has 0 spiro atoms. The Morgan fingerprint density at radius 2 is 1.86 bits per heavy atom. The molecule has 2 atom stereocenters. The molecule has 0 bridgehead atoms. The van der Waals surface area contributed by atoms with Crippen LogP contribution in [0.25, 0.3) is 0 Å². The van der Waals surface area contributed by atoms with Crippen molar-refractivity contribution in [3.8, 4) is 5.75 Å². The largest absolute Gasteiger partial charge is 0.494 e. The molecule has 2 aliphatic rings. The van der Waals surface area contributed by atoms with Crippen LogP contribution in [0.3, 0.4) is 0 Å². The molecule has 0 aliphatic carbocycles. The Balaban J connectivity index is 1.41. The van der Waals surface area contributed by atoms with Gasteiger partial charge in [0.05, 0.1) is 42.8 Å². The number of morpholine rings is 1. The lowest BCUT2D eigenvalue weighted by atomic mass is 10.2. The van der Waals surface area contributed by atoms with E-state index in [9.17, 15) is 13.2 Å². The van der Waals surface area contributed by atoms with Crippen molar-refractivity contribution >= 4 is 40.2 Å². The fourth-order valence-electron chi connectivity index (χ4n) is 4.06. The first-order valence-corrected chi connectivity index (χ1v) is 12.4. The van der Waals surface area contributed by atoms with E-state index in [0.29, 0.717) is 30.5 Å². The number of aromatic nitrogens is 3. The molecule has 0 radical (unpaired) electrons. The number of aliphatic imine (C=N–C) groups is 1. The molecule has 2 aromatic heterocycles. The Morgan fingerprint density at radius 1 is 1.08 bits per heavy atom. The number of pyridine rings is 1. The number of anilines is 4. The van der Waals surface area contributed by atoms with Crippen LogP contribution in [0.1, 0.15) is 16.6 Å². The summed E-state index contributed by atoms with van der Waals surface area (Å²) in [7, 11) is 1.54. The van der Waals surface area contributed by atoms with Gasteiger partial charge in [-0.05, 0) is 18.2 Å². The van der Waals surface area contributed by atoms with Crippen molar-refractivity contribution in [2.24, 2.45) is 4.99 Å². The quantitative estimate of drug-likeness (QED) is 0.448. The topological polar surface area (TPSA) is 96.8 Å². The number of hydrogen-bond acceptors (Lipinski definition) is 10. The number of ether oxygens (including phenoxy) is 2. The van der Waals surface area contributed by atoms with Crippen LogP contribution in [0, 0.1) is 0 Å². The number of nitrogens with one attached hydrogen (secondary N) is 2. The highest BCUT2D eigenvalue weighted by Crippen LogP contribution is 2.40. The Hall–Kier alpha value is -3.58. The van der Waals surface area contributed by atoms with Gasteiger partial charge in [0.2, 0.25) is 0 Å². The van der Waals surface area contributed by atoms with Crippen LogP contribution in [0.4, 0.5) is 36.1 Å². The molecule has 9 nitrogen and oxygen atoms in total. The summed E-state index contributed by atoms with van der Waals surface area (Å²) >= 11 is 1.34. The van der Waals surface area contributed by atoms with E-state index in [1.165, 1.54) is 17.8 Å². The average Bonchev–Trinajstić information content (AvgIpc) is 3.37. The maximum absolute atomic E-state index is 13.8. The van der Waals surface area contributed by atoms with Crippen molar-refractivity contribution in [2.45, 2.75) is 17.6 Å². The van der Waals surface area contributed by atoms with Crippen LogP contribution >= 0.6 is 11.8 Å². The smallest absolute Gasteiger partial charge is 0.419 e. The summed E-state index contributed by atoms with van der Waals surface area (Å²) in [4.78, 5) is 19.0. The van der Waals surface area contributed by atoms with E-state index in [-0.39, 0.29) is 16.8 Å². The predicted octanol–water partition coefficient (Wildman–Crippen LogP) is 4.73. The van der Waals surface area contributed by atoms with Crippen molar-refractivity contribution in [1.82, 2.24) is 15.0 Å². The third-order valence-electron chi connectivity index (χ3n) is 5.89. The molecule has 4 heterocycles. The first kappa shape index (κ1) is 25.1. The Labute approximate surface area is 215 Å². The van der Waals surface area contributed by atoms with Crippen LogP contribution in [0.15, 0.2) is 53.9 Å². The third-order valence-corrected chi connectivity index (χ3v) is 6.90. The highest BCUT2D eigenvalue weighted by atomic mass is 32.2. The fourth-order valence-corrected chi connectivity index (χ4v) is 4.92. The molecule has 1 fully saturated rings. The maximum Gasteiger partial charge on any atom is 0.419 e. The Bertz CT molecular complexity index is 1260. The van der Waals surface area contributed by atoms with Gasteiger partial charge in [-0.15, -0.1) is 0 Å². The van der Waals surface area contributed by atoms with E-state index >= 15 is 0 Å². The van der Waals surface area contributed by atoms with Gasteiger partial charge in [0, 0.05) is 49.5 Å². The summed E-state index contributed by atoms with van der Waals surface area (Å²) in [6.45, 7) is 2.83. The SMILES string of the molecule is COc1cc(N2CCOCC2)ccc1Nc1cc(NC2N=CSC2c2ncccn2)c(C(F)(F)F)cn1. The highest BCUT2D eigenvalue weighted by molar-refractivity contribution is 8.12. The predicted molar refractivity (Wildman–Crippen MR) is 137 cm³/mol. The molecule has 0 amide bonds. The summed E-state index contributed by atoms with van der Waals surface area (Å²) in [5, 5.41) is 5.63. The van der Waals surface area contributed by atoms with E-state index < -0.39 is 17.9 Å². The summed E-state index contributed by atoms with van der Waals surface area (Å²) in [6, 6.07) is 8.62. The van der Waals surface area contributed by atoms with E-state index in [0.717, 1.165) is 25.0 Å². The van der Waals surface area contributed by atoms with Crippen molar-refractivity contribution in [1.29, 1.82) is 0 Å². The van der Waals surface area contributed by atoms with Gasteiger partial charge in [-0.2, -0.15) is 13.2 Å². The summed E-state index contributed by atoms with van der Waals surface area (Å²) in [5.41, 5.74) is 2.08. The third kappa shape index (κ3) is 5.72. The first-order valence-electron chi connectivity index (χ1n) is 11.5. The number of thioether (sulfide) groups is 1. The van der Waals surface area contributed by atoms with Crippen LogP contribution < -0.4 is 20.3 Å². The Morgan fingerprint density at radius 3 is 2.59 bits per heavy atom. The molecule has 194 valence electrons. The lowest BCUT2D eigenvalue weighted by Gasteiger charge is -2.29. The summed E-state index contributed by atoms with van der Waals surface area (Å²) in [5.74, 6) is 1.24. The molecule has 37 heavy (non-hydrogen) atoms. The van der Waals surface area contributed by atoms with Gasteiger partial charge in [0.15, 0.2) is 0 Å². The minimum Gasteiger partial charge on any atom is -0.494 e. The molecule has 3 aromatic rings. The van der Waals surface area contributed by atoms with E-state index in [1.54, 1.807) is 31.1 Å². The van der Waals surface area contributed by atoms with Crippen LogP contribution in [-0.2, 0) is 10.9 Å². The monoisotopic (exact) mass is 531 g/mol. The standard InChI is InChI=1S/C24H24F3N7O2S/c1-35-19-11-15(34-7-9-36-10-8-34)3-4-17(19)32-20-12-18(16(13-30-20)24(25,26)27)33-23-21(37-14-31-23)22-28-5-2-6-29-22/h2-6,11-14,21,23H,7-10H2,1H3,(H2,30,32,33). The van der Waals surface area contributed by atoms with Gasteiger partial charge >= 0.3 is 6.18 Å². The molecule has 1 saturated heterocycles. The van der Waals surface area contributed by atoms with Crippen LogP contribution in [0.5, 0.6) is 5.75 Å². The number of benzene rings is 1. The lowest BCUT2D eigenvalue weighted by molar-refractivity contribution is -0.137. The normalized spacial score (nSPS) is 19.6. The molecule has 1 aromatic carbocycles. The highest BCUT2D eigenvalue weighted by Gasteiger charge is 2.37. The van der Waals surface area contributed by atoms with Gasteiger partial charge in [-0.3, -0.25) is 4.99 Å². The van der Waals surface area contributed by atoms with Crippen molar-refractivity contribution in [2.75, 3.05) is 48.9 Å². The van der Waals surface area contributed by atoms with Crippen LogP contribution in [0.2, 0.25) is 0 Å². The molecule has 13 heteroatoms. The van der Waals surface area contributed by atoms with Gasteiger partial charge < -0.3 is 25.0 Å². The second-order valence-corrected chi connectivity index (χ2v) is 9.22. The first-order chi connectivity index (χ1) is 17.9. The molecule has 2 aliphatic heterocycles. The summed E-state index contributed by atoms with van der Waals surface area (Å²) < 4.78 is 52.5. The van der Waals surface area contributed by atoms with Gasteiger partial charge in [-0.1, -0.05) is 11.8 Å².